The molecule has 0 saturated carbocycles. The Morgan fingerprint density at radius 1 is 0.797 bits per heavy atom. The summed E-state index contributed by atoms with van der Waals surface area (Å²) in [6.07, 6.45) is 0.353. The molecule has 2 heterocycles. The van der Waals surface area contributed by atoms with E-state index in [0.717, 1.165) is 0 Å². The third-order valence-corrected chi connectivity index (χ3v) is 9.15. The van der Waals surface area contributed by atoms with Crippen LogP contribution in [0.15, 0.2) is 42.9 Å². The van der Waals surface area contributed by atoms with Crippen molar-refractivity contribution in [3.8, 4) is 0 Å². The number of carboxylic acid groups (broad SMARTS) is 2. The molecule has 0 bridgehead atoms. The number of aliphatic carboxylic acids is 2. The minimum atomic E-state index is -1.78. The van der Waals surface area contributed by atoms with Crippen molar-refractivity contribution in [2.45, 2.75) is 101 Å². The third kappa shape index (κ3) is 14.8. The summed E-state index contributed by atoms with van der Waals surface area (Å²) in [5.74, 6) is -10.3. The molecule has 23 heteroatoms. The molecule has 1 aliphatic rings. The van der Waals surface area contributed by atoms with Gasteiger partial charge in [0.25, 0.3) is 0 Å². The molecule has 0 aliphatic carbocycles. The van der Waals surface area contributed by atoms with Crippen molar-refractivity contribution < 1.29 is 58.2 Å². The number of aromatic amines is 1. The number of rotatable bonds is 23. The molecule has 1 fully saturated rings. The molecule has 59 heavy (non-hydrogen) atoms. The highest BCUT2D eigenvalue weighted by Crippen LogP contribution is 2.19. The molecular formula is C36H49N11O12. The fourth-order valence-electron chi connectivity index (χ4n) is 6.11. The molecule has 1 aromatic heterocycles. The monoisotopic (exact) mass is 827 g/mol. The van der Waals surface area contributed by atoms with E-state index in [-0.39, 0.29) is 25.8 Å². The van der Waals surface area contributed by atoms with Gasteiger partial charge in [-0.1, -0.05) is 30.3 Å². The molecule has 1 aliphatic heterocycles. The van der Waals surface area contributed by atoms with Crippen LogP contribution in [0, 0.1) is 0 Å². The lowest BCUT2D eigenvalue weighted by atomic mass is 10.0. The number of nitrogens with two attached hydrogens (primary N) is 3. The van der Waals surface area contributed by atoms with Crippen molar-refractivity contribution in [3.63, 3.8) is 0 Å². The SMILES string of the molecule is C[C@H](NC(=O)[C@H](Cc1ccccc1)NC(=O)[C@H](CC(N)=O)NC(=O)[C@H](CCC(=O)O)NC(=O)[C@H](Cc1cnc[nH]1)NC(=O)[C@@H]1CCCN1C(=O)[C@@H](N)CC(N)=O)C(=O)O. The topological polar surface area (TPSA) is 381 Å². The molecule has 2 aromatic rings. The quantitative estimate of drug-likeness (QED) is 0.0505. The normalized spacial score (nSPS) is 16.5. The number of benzene rings is 1. The first kappa shape index (κ1) is 46.5. The second-order valence-corrected chi connectivity index (χ2v) is 13.9. The van der Waals surface area contributed by atoms with E-state index in [1.165, 1.54) is 24.3 Å². The number of hydrogen-bond acceptors (Lipinski definition) is 12. The van der Waals surface area contributed by atoms with E-state index in [0.29, 0.717) is 17.7 Å². The summed E-state index contributed by atoms with van der Waals surface area (Å²) < 4.78 is 0. The maximum absolute atomic E-state index is 13.9. The molecule has 0 radical (unpaired) electrons. The Bertz CT molecular complexity index is 1860. The van der Waals surface area contributed by atoms with Gasteiger partial charge >= 0.3 is 11.9 Å². The van der Waals surface area contributed by atoms with Gasteiger partial charge in [-0.25, -0.2) is 4.98 Å². The summed E-state index contributed by atoms with van der Waals surface area (Å²) in [5.41, 5.74) is 17.3. The van der Waals surface area contributed by atoms with Crippen molar-refractivity contribution in [3.05, 3.63) is 54.1 Å². The molecule has 23 nitrogen and oxygen atoms in total. The molecule has 320 valence electrons. The van der Waals surface area contributed by atoms with Crippen LogP contribution in [-0.2, 0) is 60.8 Å². The number of amides is 8. The maximum Gasteiger partial charge on any atom is 0.325 e. The van der Waals surface area contributed by atoms with Gasteiger partial charge in [0.2, 0.25) is 47.3 Å². The predicted molar refractivity (Wildman–Crippen MR) is 203 cm³/mol. The number of hydrogen-bond donors (Lipinski definition) is 11. The fraction of sp³-hybridized carbons (Fsp3) is 0.472. The average Bonchev–Trinajstić information content (AvgIpc) is 3.88. The van der Waals surface area contributed by atoms with Crippen molar-refractivity contribution >= 4 is 59.2 Å². The minimum absolute atomic E-state index is 0.122. The van der Waals surface area contributed by atoms with Gasteiger partial charge in [-0.15, -0.1) is 0 Å². The van der Waals surface area contributed by atoms with Gasteiger partial charge in [-0.2, -0.15) is 0 Å². The lowest BCUT2D eigenvalue weighted by Gasteiger charge is -2.29. The second-order valence-electron chi connectivity index (χ2n) is 13.9. The number of carbonyl (C=O) groups is 10. The Labute approximate surface area is 336 Å². The lowest BCUT2D eigenvalue weighted by molar-refractivity contribution is -0.142. The molecule has 1 aromatic carbocycles. The van der Waals surface area contributed by atoms with Crippen molar-refractivity contribution in [2.75, 3.05) is 6.54 Å². The number of primary amides is 2. The van der Waals surface area contributed by atoms with Gasteiger partial charge in [0.15, 0.2) is 0 Å². The first-order valence-electron chi connectivity index (χ1n) is 18.5. The van der Waals surface area contributed by atoms with E-state index < -0.39 is 127 Å². The number of likely N-dealkylation sites (tertiary alicyclic amines) is 1. The van der Waals surface area contributed by atoms with E-state index in [1.807, 2.05) is 0 Å². The van der Waals surface area contributed by atoms with Crippen molar-refractivity contribution in [2.24, 2.45) is 17.2 Å². The van der Waals surface area contributed by atoms with E-state index in [4.69, 9.17) is 17.2 Å². The minimum Gasteiger partial charge on any atom is -0.481 e. The molecule has 0 spiro atoms. The molecule has 1 saturated heterocycles. The number of imidazole rings is 1. The van der Waals surface area contributed by atoms with Crippen molar-refractivity contribution in [1.82, 2.24) is 41.5 Å². The van der Waals surface area contributed by atoms with Crippen LogP contribution in [0.5, 0.6) is 0 Å². The molecule has 8 amide bonds. The Balaban J connectivity index is 1.85. The summed E-state index contributed by atoms with van der Waals surface area (Å²) in [4.78, 5) is 135. The maximum atomic E-state index is 13.9. The number of H-pyrrole nitrogens is 1. The number of carbonyl (C=O) groups excluding carboxylic acids is 8. The summed E-state index contributed by atoms with van der Waals surface area (Å²) >= 11 is 0. The zero-order valence-corrected chi connectivity index (χ0v) is 32.1. The zero-order chi connectivity index (χ0) is 43.8. The number of carboxylic acids is 2. The van der Waals surface area contributed by atoms with Crippen LogP contribution in [-0.4, -0.2) is 133 Å². The van der Waals surface area contributed by atoms with Crippen LogP contribution in [0.2, 0.25) is 0 Å². The summed E-state index contributed by atoms with van der Waals surface area (Å²) in [7, 11) is 0. The highest BCUT2D eigenvalue weighted by molar-refractivity contribution is 5.98. The highest BCUT2D eigenvalue weighted by Gasteiger charge is 2.39. The smallest absolute Gasteiger partial charge is 0.325 e. The first-order chi connectivity index (χ1) is 27.9. The Morgan fingerprint density at radius 3 is 1.97 bits per heavy atom. The molecular weight excluding hydrogens is 778 g/mol. The zero-order valence-electron chi connectivity index (χ0n) is 32.1. The van der Waals surface area contributed by atoms with Gasteiger partial charge in [-0.05, 0) is 31.7 Å². The van der Waals surface area contributed by atoms with Crippen LogP contribution < -0.4 is 43.8 Å². The van der Waals surface area contributed by atoms with Crippen LogP contribution in [0.1, 0.15) is 56.7 Å². The third-order valence-electron chi connectivity index (χ3n) is 9.15. The second kappa shape index (κ2) is 22.1. The Morgan fingerprint density at radius 2 is 1.37 bits per heavy atom. The standard InChI is InChI=1S/C36H49N11O12/c1-18(36(58)59)42-31(53)23(12-19-6-3-2-4-7-19)44-33(55)25(15-28(39)49)45-30(52)22(9-10-29(50)51)43-32(54)24(13-20-16-40-17-41-20)46-34(56)26-8-5-11-47(26)35(57)21(37)14-27(38)48/h2-4,6-7,16-18,21-26H,5,8-15,37H2,1H3,(H2,38,48)(H2,39,49)(H,40,41)(H,42,53)(H,43,54)(H,44,55)(H,45,52)(H,46,56)(H,50,51)(H,58,59)/t18-,21-,22-,23-,24-,25-,26-/m0/s1. The van der Waals surface area contributed by atoms with E-state index in [1.54, 1.807) is 30.3 Å². The van der Waals surface area contributed by atoms with Crippen LogP contribution in [0.25, 0.3) is 0 Å². The van der Waals surface area contributed by atoms with Gasteiger partial charge in [0.1, 0.15) is 36.3 Å². The van der Waals surface area contributed by atoms with E-state index >= 15 is 0 Å². The molecule has 14 N–H and O–H groups in total. The van der Waals surface area contributed by atoms with E-state index in [9.17, 15) is 58.2 Å². The van der Waals surface area contributed by atoms with Gasteiger partial charge in [0.05, 0.1) is 25.2 Å². The Hall–Kier alpha value is -6.91. The molecule has 3 rings (SSSR count). The Kier molecular flexibility index (Phi) is 17.4. The average molecular weight is 828 g/mol. The van der Waals surface area contributed by atoms with Gasteiger partial charge in [0, 0.05) is 37.7 Å². The predicted octanol–water partition coefficient (Wildman–Crippen LogP) is -4.34. The van der Waals surface area contributed by atoms with Crippen LogP contribution >= 0.6 is 0 Å². The first-order valence-corrected chi connectivity index (χ1v) is 18.5. The fourth-order valence-corrected chi connectivity index (χ4v) is 6.11. The number of aromatic nitrogens is 2. The largest absolute Gasteiger partial charge is 0.481 e. The summed E-state index contributed by atoms with van der Waals surface area (Å²) in [6.45, 7) is 1.32. The summed E-state index contributed by atoms with van der Waals surface area (Å²) in [6, 6.07) is -1.82. The number of nitrogens with one attached hydrogen (secondary N) is 6. The van der Waals surface area contributed by atoms with Crippen LogP contribution in [0.3, 0.4) is 0 Å². The van der Waals surface area contributed by atoms with Crippen LogP contribution in [0.4, 0.5) is 0 Å². The van der Waals surface area contributed by atoms with Gasteiger partial charge in [-0.3, -0.25) is 47.9 Å². The molecule has 7 atom stereocenters. The van der Waals surface area contributed by atoms with Crippen molar-refractivity contribution in [1.29, 1.82) is 0 Å². The molecule has 0 unspecified atom stereocenters. The lowest BCUT2D eigenvalue weighted by Crippen LogP contribution is -2.60. The van der Waals surface area contributed by atoms with Gasteiger partial charge < -0.3 is 63.9 Å². The number of nitrogens with zero attached hydrogens (tertiary/aromatic N) is 2. The highest BCUT2D eigenvalue weighted by atomic mass is 16.4. The van der Waals surface area contributed by atoms with E-state index in [2.05, 4.69) is 36.6 Å². The summed E-state index contributed by atoms with van der Waals surface area (Å²) in [5, 5.41) is 30.6.